The largest absolute Gasteiger partial charge is 0.383 e. The number of nitrogens with zero attached hydrogens (tertiary/aromatic N) is 3. The third-order valence-electron chi connectivity index (χ3n) is 3.01. The van der Waals surface area contributed by atoms with Crippen molar-refractivity contribution in [2.75, 3.05) is 24.3 Å². The van der Waals surface area contributed by atoms with E-state index in [2.05, 4.69) is 10.3 Å². The highest BCUT2D eigenvalue weighted by Crippen LogP contribution is 2.26. The minimum atomic E-state index is -0.524. The Kier molecular flexibility index (Phi) is 4.13. The molecule has 0 aliphatic heterocycles. The van der Waals surface area contributed by atoms with Gasteiger partial charge in [0.25, 0.3) is 11.6 Å². The van der Waals surface area contributed by atoms with Gasteiger partial charge in [0.2, 0.25) is 0 Å². The van der Waals surface area contributed by atoms with Gasteiger partial charge in [-0.15, -0.1) is 0 Å². The van der Waals surface area contributed by atoms with Gasteiger partial charge in [-0.05, 0) is 24.3 Å². The molecule has 0 radical (unpaired) electrons. The average molecular weight is 286 g/mol. The van der Waals surface area contributed by atoms with E-state index in [9.17, 15) is 14.9 Å². The van der Waals surface area contributed by atoms with Gasteiger partial charge in [0, 0.05) is 31.9 Å². The Morgan fingerprint density at radius 1 is 1.33 bits per heavy atom. The van der Waals surface area contributed by atoms with Gasteiger partial charge in [-0.25, -0.2) is 4.98 Å². The standard InChI is InChI=1S/C14H14N4O3/c1-15-11-7-6-10(9-12(11)18(20)21)14(19)17(2)13-5-3-4-8-16-13/h3-9,15H,1-2H3. The summed E-state index contributed by atoms with van der Waals surface area (Å²) in [6.07, 6.45) is 1.58. The molecule has 0 saturated heterocycles. The van der Waals surface area contributed by atoms with Crippen LogP contribution in [0.1, 0.15) is 10.4 Å². The molecule has 2 aromatic rings. The van der Waals surface area contributed by atoms with Gasteiger partial charge in [-0.1, -0.05) is 6.07 Å². The lowest BCUT2D eigenvalue weighted by molar-refractivity contribution is -0.384. The Morgan fingerprint density at radius 2 is 2.10 bits per heavy atom. The number of nitro benzene ring substituents is 1. The fraction of sp³-hybridized carbons (Fsp3) is 0.143. The number of anilines is 2. The molecule has 0 aliphatic carbocycles. The molecule has 1 aromatic carbocycles. The first-order valence-electron chi connectivity index (χ1n) is 6.20. The van der Waals surface area contributed by atoms with Crippen molar-refractivity contribution in [1.29, 1.82) is 0 Å². The van der Waals surface area contributed by atoms with E-state index in [1.807, 2.05) is 0 Å². The summed E-state index contributed by atoms with van der Waals surface area (Å²) in [4.78, 5) is 28.3. The Morgan fingerprint density at radius 3 is 2.67 bits per heavy atom. The Bertz CT molecular complexity index is 673. The molecule has 0 atom stereocenters. The second-order valence-electron chi connectivity index (χ2n) is 4.29. The molecule has 0 unspecified atom stereocenters. The first-order chi connectivity index (χ1) is 10.0. The zero-order chi connectivity index (χ0) is 15.4. The van der Waals surface area contributed by atoms with Crippen LogP contribution in [-0.2, 0) is 0 Å². The minimum Gasteiger partial charge on any atom is -0.383 e. The monoisotopic (exact) mass is 286 g/mol. The molecular weight excluding hydrogens is 272 g/mol. The van der Waals surface area contributed by atoms with Gasteiger partial charge in [0.1, 0.15) is 11.5 Å². The summed E-state index contributed by atoms with van der Waals surface area (Å²) in [6.45, 7) is 0. The van der Waals surface area contributed by atoms with Crippen LogP contribution in [-0.4, -0.2) is 29.9 Å². The normalized spacial score (nSPS) is 10.0. The maximum Gasteiger partial charge on any atom is 0.293 e. The molecule has 1 N–H and O–H groups in total. The summed E-state index contributed by atoms with van der Waals surface area (Å²) in [6, 6.07) is 9.51. The molecule has 2 rings (SSSR count). The van der Waals surface area contributed by atoms with Gasteiger partial charge < -0.3 is 5.32 Å². The Hall–Kier alpha value is -2.96. The van der Waals surface area contributed by atoms with Crippen molar-refractivity contribution >= 4 is 23.1 Å². The van der Waals surface area contributed by atoms with Crippen molar-refractivity contribution in [2.45, 2.75) is 0 Å². The van der Waals surface area contributed by atoms with Crippen LogP contribution in [0.3, 0.4) is 0 Å². The molecule has 7 heteroatoms. The highest BCUT2D eigenvalue weighted by Gasteiger charge is 2.20. The number of hydrogen-bond donors (Lipinski definition) is 1. The predicted molar refractivity (Wildman–Crippen MR) is 79.6 cm³/mol. The highest BCUT2D eigenvalue weighted by molar-refractivity contribution is 6.06. The first kappa shape index (κ1) is 14.4. The third kappa shape index (κ3) is 2.97. The second kappa shape index (κ2) is 6.00. The number of benzene rings is 1. The molecule has 0 fully saturated rings. The summed E-state index contributed by atoms with van der Waals surface area (Å²) in [5.41, 5.74) is 0.448. The van der Waals surface area contributed by atoms with Crippen molar-refractivity contribution < 1.29 is 9.72 Å². The second-order valence-corrected chi connectivity index (χ2v) is 4.29. The SMILES string of the molecule is CNc1ccc(C(=O)N(C)c2ccccn2)cc1[N+](=O)[O-]. The summed E-state index contributed by atoms with van der Waals surface area (Å²) >= 11 is 0. The molecular formula is C14H14N4O3. The van der Waals surface area contributed by atoms with Crippen LogP contribution in [0.2, 0.25) is 0 Å². The molecule has 1 heterocycles. The van der Waals surface area contributed by atoms with Gasteiger partial charge in [-0.3, -0.25) is 19.8 Å². The number of pyridine rings is 1. The number of nitrogens with one attached hydrogen (secondary N) is 1. The number of aromatic nitrogens is 1. The Labute approximate surface area is 121 Å². The molecule has 108 valence electrons. The van der Waals surface area contributed by atoms with E-state index in [1.54, 1.807) is 44.6 Å². The zero-order valence-electron chi connectivity index (χ0n) is 11.6. The van der Waals surface area contributed by atoms with Crippen molar-refractivity contribution in [3.05, 3.63) is 58.3 Å². The minimum absolute atomic E-state index is 0.141. The first-order valence-corrected chi connectivity index (χ1v) is 6.20. The van der Waals surface area contributed by atoms with E-state index in [4.69, 9.17) is 0 Å². The molecule has 21 heavy (non-hydrogen) atoms. The van der Waals surface area contributed by atoms with Gasteiger partial charge in [0.05, 0.1) is 4.92 Å². The van der Waals surface area contributed by atoms with Crippen LogP contribution < -0.4 is 10.2 Å². The number of hydrogen-bond acceptors (Lipinski definition) is 5. The van der Waals surface area contributed by atoms with E-state index in [0.717, 1.165) is 0 Å². The van der Waals surface area contributed by atoms with Crippen LogP contribution in [0.25, 0.3) is 0 Å². The maximum absolute atomic E-state index is 12.4. The smallest absolute Gasteiger partial charge is 0.293 e. The number of carbonyl (C=O) groups is 1. The number of nitro groups is 1. The molecule has 0 aliphatic rings. The molecule has 0 spiro atoms. The summed E-state index contributed by atoms with van der Waals surface area (Å²) in [7, 11) is 3.16. The van der Waals surface area contributed by atoms with Crippen LogP contribution in [0.5, 0.6) is 0 Å². The summed E-state index contributed by atoms with van der Waals surface area (Å²) in [5, 5.41) is 13.7. The highest BCUT2D eigenvalue weighted by atomic mass is 16.6. The lowest BCUT2D eigenvalue weighted by Gasteiger charge is -2.16. The maximum atomic E-state index is 12.4. The predicted octanol–water partition coefficient (Wildman–Crippen LogP) is 2.31. The van der Waals surface area contributed by atoms with Crippen molar-refractivity contribution in [1.82, 2.24) is 4.98 Å². The lowest BCUT2D eigenvalue weighted by Crippen LogP contribution is -2.27. The van der Waals surface area contributed by atoms with Crippen molar-refractivity contribution in [3.8, 4) is 0 Å². The topological polar surface area (TPSA) is 88.4 Å². The Balaban J connectivity index is 2.36. The zero-order valence-corrected chi connectivity index (χ0v) is 11.6. The van der Waals surface area contributed by atoms with Crippen molar-refractivity contribution in [2.24, 2.45) is 0 Å². The van der Waals surface area contributed by atoms with Crippen LogP contribution in [0.15, 0.2) is 42.6 Å². The van der Waals surface area contributed by atoms with Gasteiger partial charge in [-0.2, -0.15) is 0 Å². The average Bonchev–Trinajstić information content (AvgIpc) is 2.53. The van der Waals surface area contributed by atoms with Crippen LogP contribution in [0.4, 0.5) is 17.2 Å². The number of carbonyl (C=O) groups excluding carboxylic acids is 1. The fourth-order valence-electron chi connectivity index (χ4n) is 1.88. The van der Waals surface area contributed by atoms with E-state index in [0.29, 0.717) is 11.5 Å². The van der Waals surface area contributed by atoms with Crippen LogP contribution >= 0.6 is 0 Å². The fourth-order valence-corrected chi connectivity index (χ4v) is 1.88. The van der Waals surface area contributed by atoms with Gasteiger partial charge >= 0.3 is 0 Å². The molecule has 1 aromatic heterocycles. The molecule has 7 nitrogen and oxygen atoms in total. The van der Waals surface area contributed by atoms with E-state index in [1.165, 1.54) is 17.0 Å². The van der Waals surface area contributed by atoms with Crippen LogP contribution in [0, 0.1) is 10.1 Å². The number of amides is 1. The molecule has 0 saturated carbocycles. The van der Waals surface area contributed by atoms with E-state index in [-0.39, 0.29) is 17.2 Å². The molecule has 0 bridgehead atoms. The summed E-state index contributed by atoms with van der Waals surface area (Å²) in [5.74, 6) is 0.113. The number of rotatable bonds is 4. The third-order valence-corrected chi connectivity index (χ3v) is 3.01. The van der Waals surface area contributed by atoms with Gasteiger partial charge in [0.15, 0.2) is 0 Å². The van der Waals surface area contributed by atoms with E-state index < -0.39 is 4.92 Å². The van der Waals surface area contributed by atoms with Crippen molar-refractivity contribution in [3.63, 3.8) is 0 Å². The lowest BCUT2D eigenvalue weighted by atomic mass is 10.1. The summed E-state index contributed by atoms with van der Waals surface area (Å²) < 4.78 is 0. The molecule has 1 amide bonds. The van der Waals surface area contributed by atoms with E-state index >= 15 is 0 Å². The quantitative estimate of drug-likeness (QED) is 0.688.